The van der Waals surface area contributed by atoms with Crippen molar-refractivity contribution in [2.45, 2.75) is 32.1 Å². The Labute approximate surface area is 165 Å². The molecule has 3 N–H and O–H groups in total. The monoisotopic (exact) mass is 403 g/mol. The fourth-order valence-corrected chi connectivity index (χ4v) is 3.36. The highest BCUT2D eigenvalue weighted by Gasteiger charge is 2.36. The summed E-state index contributed by atoms with van der Waals surface area (Å²) >= 11 is 0. The smallest absolute Gasteiger partial charge is 0.405 e. The van der Waals surface area contributed by atoms with Crippen LogP contribution in [0.2, 0.25) is 0 Å². The molecule has 0 aromatic carbocycles. The topological polar surface area (TPSA) is 126 Å². The van der Waals surface area contributed by atoms with Crippen LogP contribution in [-0.2, 0) is 7.05 Å². The minimum atomic E-state index is -1.35. The number of fused-ring (bicyclic) bond motifs is 1. The van der Waals surface area contributed by atoms with Gasteiger partial charge in [-0.25, -0.2) is 14.2 Å². The lowest BCUT2D eigenvalue weighted by Crippen LogP contribution is -2.40. The minimum Gasteiger partial charge on any atom is -0.465 e. The lowest BCUT2D eigenvalue weighted by Gasteiger charge is -2.18. The maximum atomic E-state index is 14.3. The van der Waals surface area contributed by atoms with E-state index in [1.54, 1.807) is 35.4 Å². The predicted octanol–water partition coefficient (Wildman–Crippen LogP) is 1.68. The van der Waals surface area contributed by atoms with Crippen molar-refractivity contribution in [3.05, 3.63) is 18.7 Å². The Morgan fingerprint density at radius 2 is 2.14 bits per heavy atom. The number of carboxylic acid groups (broad SMARTS) is 1. The van der Waals surface area contributed by atoms with Gasteiger partial charge < -0.3 is 25.2 Å². The van der Waals surface area contributed by atoms with Crippen LogP contribution in [0.15, 0.2) is 18.7 Å². The standard InChI is InChI=1S/C17H22FN9O2/c1-9(2)27-8-19-13-14(21-10-4-20-25(3)5-10)23-16(24-15(13)27)26-6-11(18)12(7-26)22-17(28)29/h4-5,8-9,11-12,22H,6-7H2,1-3H3,(H,28,29)(H,21,23,24)/t11-,12+/m0/s1. The van der Waals surface area contributed by atoms with E-state index in [1.165, 1.54) is 0 Å². The molecule has 1 aliphatic rings. The zero-order chi connectivity index (χ0) is 20.7. The predicted molar refractivity (Wildman–Crippen MR) is 104 cm³/mol. The zero-order valence-corrected chi connectivity index (χ0v) is 16.2. The van der Waals surface area contributed by atoms with Crippen LogP contribution < -0.4 is 15.5 Å². The van der Waals surface area contributed by atoms with Gasteiger partial charge in [-0.2, -0.15) is 15.1 Å². The van der Waals surface area contributed by atoms with Gasteiger partial charge in [0.2, 0.25) is 5.95 Å². The van der Waals surface area contributed by atoms with Crippen LogP contribution in [0.5, 0.6) is 0 Å². The molecule has 1 aliphatic heterocycles. The molecule has 154 valence electrons. The van der Waals surface area contributed by atoms with Crippen LogP contribution in [0.1, 0.15) is 19.9 Å². The molecule has 0 spiro atoms. The molecule has 3 aromatic rings. The van der Waals surface area contributed by atoms with Gasteiger partial charge in [-0.1, -0.05) is 0 Å². The summed E-state index contributed by atoms with van der Waals surface area (Å²) in [6.07, 6.45) is 2.54. The number of anilines is 3. The number of amides is 1. The average molecular weight is 403 g/mol. The molecular weight excluding hydrogens is 381 g/mol. The van der Waals surface area contributed by atoms with E-state index in [0.29, 0.717) is 22.9 Å². The maximum absolute atomic E-state index is 14.3. The summed E-state index contributed by atoms with van der Waals surface area (Å²) in [6.45, 7) is 4.16. The van der Waals surface area contributed by atoms with E-state index < -0.39 is 18.3 Å². The lowest BCUT2D eigenvalue weighted by atomic mass is 10.2. The van der Waals surface area contributed by atoms with E-state index >= 15 is 0 Å². The first-order valence-electron chi connectivity index (χ1n) is 9.20. The van der Waals surface area contributed by atoms with Gasteiger partial charge in [0.05, 0.1) is 30.8 Å². The fraction of sp³-hybridized carbons (Fsp3) is 0.471. The van der Waals surface area contributed by atoms with E-state index in [-0.39, 0.29) is 19.1 Å². The summed E-state index contributed by atoms with van der Waals surface area (Å²) in [5.74, 6) is 0.783. The van der Waals surface area contributed by atoms with Gasteiger partial charge in [0.1, 0.15) is 6.17 Å². The first kappa shape index (κ1) is 18.9. The largest absolute Gasteiger partial charge is 0.465 e. The summed E-state index contributed by atoms with van der Waals surface area (Å²) < 4.78 is 17.9. The number of rotatable bonds is 5. The molecular formula is C17H22FN9O2. The van der Waals surface area contributed by atoms with Gasteiger partial charge in [-0.15, -0.1) is 0 Å². The average Bonchev–Trinajstić information content (AvgIpc) is 3.34. The molecule has 0 radical (unpaired) electrons. The minimum absolute atomic E-state index is 0.00139. The molecule has 0 unspecified atom stereocenters. The summed E-state index contributed by atoms with van der Waals surface area (Å²) in [4.78, 5) is 26.2. The van der Waals surface area contributed by atoms with Crippen LogP contribution in [0.25, 0.3) is 11.2 Å². The molecule has 11 nitrogen and oxygen atoms in total. The summed E-state index contributed by atoms with van der Waals surface area (Å²) in [5.41, 5.74) is 1.93. The number of imidazole rings is 1. The van der Waals surface area contributed by atoms with Crippen molar-refractivity contribution in [3.8, 4) is 0 Å². The molecule has 1 saturated heterocycles. The second-order valence-corrected chi connectivity index (χ2v) is 7.29. The Morgan fingerprint density at radius 1 is 1.34 bits per heavy atom. The zero-order valence-electron chi connectivity index (χ0n) is 16.2. The van der Waals surface area contributed by atoms with Crippen molar-refractivity contribution in [2.75, 3.05) is 23.3 Å². The van der Waals surface area contributed by atoms with Crippen LogP contribution in [0.3, 0.4) is 0 Å². The third-order valence-corrected chi connectivity index (χ3v) is 4.77. The van der Waals surface area contributed by atoms with Gasteiger partial charge in [0.25, 0.3) is 0 Å². The molecule has 0 aliphatic carbocycles. The third kappa shape index (κ3) is 3.65. The van der Waals surface area contributed by atoms with Gasteiger partial charge >= 0.3 is 6.09 Å². The van der Waals surface area contributed by atoms with Gasteiger partial charge in [0, 0.05) is 25.8 Å². The number of nitrogens with zero attached hydrogens (tertiary/aromatic N) is 7. The molecule has 0 saturated carbocycles. The van der Waals surface area contributed by atoms with E-state index in [2.05, 4.69) is 30.7 Å². The van der Waals surface area contributed by atoms with Crippen LogP contribution in [-0.4, -0.2) is 65.8 Å². The summed E-state index contributed by atoms with van der Waals surface area (Å²) in [6, 6.07) is -0.723. The van der Waals surface area contributed by atoms with E-state index in [0.717, 1.165) is 5.69 Å². The number of hydrogen-bond donors (Lipinski definition) is 3. The van der Waals surface area contributed by atoms with Crippen molar-refractivity contribution >= 4 is 34.7 Å². The first-order valence-corrected chi connectivity index (χ1v) is 9.20. The van der Waals surface area contributed by atoms with Gasteiger partial charge in [0.15, 0.2) is 17.0 Å². The number of nitrogens with one attached hydrogen (secondary N) is 2. The van der Waals surface area contributed by atoms with E-state index in [1.807, 2.05) is 18.4 Å². The molecule has 29 heavy (non-hydrogen) atoms. The molecule has 4 rings (SSSR count). The molecule has 3 aromatic heterocycles. The molecule has 1 amide bonds. The normalized spacial score (nSPS) is 19.3. The van der Waals surface area contributed by atoms with Crippen molar-refractivity contribution in [1.29, 1.82) is 0 Å². The highest BCUT2D eigenvalue weighted by atomic mass is 19.1. The Balaban J connectivity index is 1.74. The van der Waals surface area contributed by atoms with Crippen LogP contribution in [0, 0.1) is 0 Å². The van der Waals surface area contributed by atoms with Crippen LogP contribution in [0.4, 0.5) is 26.6 Å². The quantitative estimate of drug-likeness (QED) is 0.587. The second-order valence-electron chi connectivity index (χ2n) is 7.29. The van der Waals surface area contributed by atoms with Crippen molar-refractivity contribution in [3.63, 3.8) is 0 Å². The number of hydrogen-bond acceptors (Lipinski definition) is 7. The highest BCUT2D eigenvalue weighted by Crippen LogP contribution is 2.28. The van der Waals surface area contributed by atoms with Gasteiger partial charge in [-0.05, 0) is 13.8 Å². The maximum Gasteiger partial charge on any atom is 0.405 e. The molecule has 4 heterocycles. The lowest BCUT2D eigenvalue weighted by molar-refractivity contribution is 0.183. The molecule has 0 bridgehead atoms. The summed E-state index contributed by atoms with van der Waals surface area (Å²) in [5, 5.41) is 18.5. The number of alkyl halides is 1. The van der Waals surface area contributed by atoms with Crippen molar-refractivity contribution in [2.24, 2.45) is 7.05 Å². The van der Waals surface area contributed by atoms with Crippen LogP contribution >= 0.6 is 0 Å². The number of halogens is 1. The van der Waals surface area contributed by atoms with E-state index in [4.69, 9.17) is 5.11 Å². The first-order chi connectivity index (χ1) is 13.8. The van der Waals surface area contributed by atoms with Gasteiger partial charge in [-0.3, -0.25) is 4.68 Å². The molecule has 1 fully saturated rings. The fourth-order valence-electron chi connectivity index (χ4n) is 3.36. The highest BCUT2D eigenvalue weighted by molar-refractivity contribution is 5.86. The number of carbonyl (C=O) groups is 1. The van der Waals surface area contributed by atoms with Crippen molar-refractivity contribution < 1.29 is 14.3 Å². The third-order valence-electron chi connectivity index (χ3n) is 4.77. The number of aromatic nitrogens is 6. The second kappa shape index (κ2) is 7.18. The van der Waals surface area contributed by atoms with E-state index in [9.17, 15) is 9.18 Å². The summed E-state index contributed by atoms with van der Waals surface area (Å²) in [7, 11) is 1.81. The Morgan fingerprint density at radius 3 is 2.79 bits per heavy atom. The Kier molecular flexibility index (Phi) is 4.68. The molecule has 12 heteroatoms. The van der Waals surface area contributed by atoms with Crippen molar-refractivity contribution in [1.82, 2.24) is 34.6 Å². The SMILES string of the molecule is CC(C)n1cnc2c(Nc3cnn(C)c3)nc(N3C[C@H](F)[C@H](NC(=O)O)C3)nc21. The number of aryl methyl sites for hydroxylation is 1. The molecule has 2 atom stereocenters. The Bertz CT molecular complexity index is 1050. The Hall–Kier alpha value is -3.44.